The monoisotopic (exact) mass is 305 g/mol. The Morgan fingerprint density at radius 3 is 2.68 bits per heavy atom. The molecular formula is C14H15N3O5. The molecule has 22 heavy (non-hydrogen) atoms. The predicted molar refractivity (Wildman–Crippen MR) is 77.6 cm³/mol. The lowest BCUT2D eigenvalue weighted by atomic mass is 10.1. The molecule has 0 bridgehead atoms. The van der Waals surface area contributed by atoms with E-state index in [-0.39, 0.29) is 29.2 Å². The standard InChI is InChI=1S/C14H15N3O5/c18-13(15-6-2-1-3-7-15)9-16-11-8-10(17(20)21)4-5-12(11)22-14(16)19/h4-5,8H,1-3,6-7,9H2. The number of fused-ring (bicyclic) bond motifs is 1. The number of non-ortho nitro benzene ring substituents is 1. The molecule has 1 aliphatic heterocycles. The Labute approximate surface area is 125 Å². The highest BCUT2D eigenvalue weighted by Crippen LogP contribution is 2.20. The summed E-state index contributed by atoms with van der Waals surface area (Å²) in [5.41, 5.74) is 0.360. The van der Waals surface area contributed by atoms with Crippen molar-refractivity contribution in [1.82, 2.24) is 9.47 Å². The summed E-state index contributed by atoms with van der Waals surface area (Å²) in [5, 5.41) is 10.8. The molecular weight excluding hydrogens is 290 g/mol. The molecule has 0 atom stereocenters. The first-order valence-corrected chi connectivity index (χ1v) is 7.12. The minimum absolute atomic E-state index is 0.146. The number of nitro benzene ring substituents is 1. The Kier molecular flexibility index (Phi) is 3.66. The maximum absolute atomic E-state index is 12.3. The number of carbonyl (C=O) groups excluding carboxylic acids is 1. The summed E-state index contributed by atoms with van der Waals surface area (Å²) < 4.78 is 6.19. The molecule has 2 aromatic rings. The molecule has 8 nitrogen and oxygen atoms in total. The molecule has 0 unspecified atom stereocenters. The van der Waals surface area contributed by atoms with Crippen LogP contribution in [0.4, 0.5) is 5.69 Å². The van der Waals surface area contributed by atoms with E-state index >= 15 is 0 Å². The van der Waals surface area contributed by atoms with Gasteiger partial charge in [-0.25, -0.2) is 4.79 Å². The third kappa shape index (κ3) is 2.59. The molecule has 0 aliphatic carbocycles. The maximum Gasteiger partial charge on any atom is 0.420 e. The van der Waals surface area contributed by atoms with E-state index in [1.54, 1.807) is 4.90 Å². The Balaban J connectivity index is 1.93. The summed E-state index contributed by atoms with van der Waals surface area (Å²) in [6.07, 6.45) is 3.01. The second kappa shape index (κ2) is 5.63. The van der Waals surface area contributed by atoms with Crippen LogP contribution in [0.2, 0.25) is 0 Å². The number of rotatable bonds is 3. The van der Waals surface area contributed by atoms with E-state index in [1.165, 1.54) is 18.2 Å². The van der Waals surface area contributed by atoms with E-state index in [1.807, 2.05) is 0 Å². The van der Waals surface area contributed by atoms with Crippen molar-refractivity contribution in [2.75, 3.05) is 13.1 Å². The van der Waals surface area contributed by atoms with Gasteiger partial charge < -0.3 is 9.32 Å². The Morgan fingerprint density at radius 2 is 2.00 bits per heavy atom. The molecule has 1 aromatic carbocycles. The van der Waals surface area contributed by atoms with E-state index in [0.717, 1.165) is 23.8 Å². The van der Waals surface area contributed by atoms with Crippen molar-refractivity contribution in [2.45, 2.75) is 25.8 Å². The molecule has 116 valence electrons. The zero-order valence-corrected chi connectivity index (χ0v) is 11.9. The molecule has 1 amide bonds. The van der Waals surface area contributed by atoms with Gasteiger partial charge in [0.1, 0.15) is 6.54 Å². The molecule has 1 fully saturated rings. The van der Waals surface area contributed by atoms with Gasteiger partial charge in [0.2, 0.25) is 5.91 Å². The zero-order valence-electron chi connectivity index (χ0n) is 11.9. The molecule has 1 aliphatic rings. The van der Waals surface area contributed by atoms with Crippen molar-refractivity contribution in [3.63, 3.8) is 0 Å². The first-order chi connectivity index (χ1) is 10.6. The van der Waals surface area contributed by atoms with Crippen LogP contribution in [0.5, 0.6) is 0 Å². The van der Waals surface area contributed by atoms with E-state index in [2.05, 4.69) is 0 Å². The van der Waals surface area contributed by atoms with Gasteiger partial charge in [-0.05, 0) is 25.3 Å². The topological polar surface area (TPSA) is 98.6 Å². The van der Waals surface area contributed by atoms with Crippen LogP contribution < -0.4 is 5.76 Å². The van der Waals surface area contributed by atoms with Crippen LogP contribution in [0.25, 0.3) is 11.1 Å². The molecule has 8 heteroatoms. The summed E-state index contributed by atoms with van der Waals surface area (Å²) in [6.45, 7) is 1.21. The Morgan fingerprint density at radius 1 is 1.27 bits per heavy atom. The smallest absolute Gasteiger partial charge is 0.408 e. The normalized spacial score (nSPS) is 15.2. The van der Waals surface area contributed by atoms with Gasteiger partial charge in [0.05, 0.1) is 10.4 Å². The molecule has 0 saturated carbocycles. The van der Waals surface area contributed by atoms with Gasteiger partial charge in [0.25, 0.3) is 5.69 Å². The predicted octanol–water partition coefficient (Wildman–Crippen LogP) is 1.52. The van der Waals surface area contributed by atoms with Gasteiger partial charge in [-0.1, -0.05) is 0 Å². The van der Waals surface area contributed by atoms with Crippen LogP contribution in [0.15, 0.2) is 27.4 Å². The number of likely N-dealkylation sites (tertiary alicyclic amines) is 1. The second-order valence-electron chi connectivity index (χ2n) is 5.30. The maximum atomic E-state index is 12.3. The fraction of sp³-hybridized carbons (Fsp3) is 0.429. The number of hydrogen-bond acceptors (Lipinski definition) is 5. The van der Waals surface area contributed by atoms with Crippen LogP contribution in [0, 0.1) is 10.1 Å². The summed E-state index contributed by atoms with van der Waals surface area (Å²) in [7, 11) is 0. The Hall–Kier alpha value is -2.64. The second-order valence-corrected chi connectivity index (χ2v) is 5.30. The minimum Gasteiger partial charge on any atom is -0.408 e. The number of nitro groups is 1. The van der Waals surface area contributed by atoms with Gasteiger partial charge in [0.15, 0.2) is 5.58 Å². The number of aromatic nitrogens is 1. The van der Waals surface area contributed by atoms with Gasteiger partial charge in [0, 0.05) is 25.2 Å². The van der Waals surface area contributed by atoms with E-state index in [4.69, 9.17) is 4.42 Å². The molecule has 0 spiro atoms. The average Bonchev–Trinajstić information content (AvgIpc) is 2.83. The lowest BCUT2D eigenvalue weighted by Gasteiger charge is -2.26. The van der Waals surface area contributed by atoms with Crippen molar-refractivity contribution < 1.29 is 14.1 Å². The van der Waals surface area contributed by atoms with Crippen molar-refractivity contribution >= 4 is 22.7 Å². The minimum atomic E-state index is -0.680. The molecule has 3 rings (SSSR count). The Bertz CT molecular complexity index is 785. The third-order valence-corrected chi connectivity index (χ3v) is 3.86. The summed E-state index contributed by atoms with van der Waals surface area (Å²) in [6, 6.07) is 3.89. The number of oxazole rings is 1. The average molecular weight is 305 g/mol. The van der Waals surface area contributed by atoms with Crippen LogP contribution in [-0.2, 0) is 11.3 Å². The largest absolute Gasteiger partial charge is 0.420 e. The first-order valence-electron chi connectivity index (χ1n) is 7.12. The highest BCUT2D eigenvalue weighted by molar-refractivity contribution is 5.80. The SMILES string of the molecule is O=C(Cn1c(=O)oc2ccc([N+](=O)[O-])cc21)N1CCCCC1. The van der Waals surface area contributed by atoms with Crippen molar-refractivity contribution in [2.24, 2.45) is 0 Å². The lowest BCUT2D eigenvalue weighted by molar-refractivity contribution is -0.384. The van der Waals surface area contributed by atoms with Crippen LogP contribution >= 0.6 is 0 Å². The van der Waals surface area contributed by atoms with Crippen molar-refractivity contribution in [3.8, 4) is 0 Å². The van der Waals surface area contributed by atoms with Gasteiger partial charge in [-0.3, -0.25) is 19.5 Å². The van der Waals surface area contributed by atoms with Crippen molar-refractivity contribution in [3.05, 3.63) is 38.9 Å². The molecule has 1 aromatic heterocycles. The van der Waals surface area contributed by atoms with Crippen molar-refractivity contribution in [1.29, 1.82) is 0 Å². The number of nitrogens with zero attached hydrogens (tertiary/aromatic N) is 3. The molecule has 0 N–H and O–H groups in total. The van der Waals surface area contributed by atoms with E-state index in [9.17, 15) is 19.7 Å². The zero-order chi connectivity index (χ0) is 15.7. The molecule has 2 heterocycles. The summed E-state index contributed by atoms with van der Waals surface area (Å²) in [4.78, 5) is 36.2. The highest BCUT2D eigenvalue weighted by atomic mass is 16.6. The number of benzene rings is 1. The van der Waals surface area contributed by atoms with E-state index < -0.39 is 10.7 Å². The summed E-state index contributed by atoms with van der Waals surface area (Å²) >= 11 is 0. The van der Waals surface area contributed by atoms with Crippen LogP contribution in [0.1, 0.15) is 19.3 Å². The van der Waals surface area contributed by atoms with Crippen LogP contribution in [0.3, 0.4) is 0 Å². The fourth-order valence-electron chi connectivity index (χ4n) is 2.69. The number of carbonyl (C=O) groups is 1. The number of piperidine rings is 1. The number of hydrogen-bond donors (Lipinski definition) is 0. The molecule has 1 saturated heterocycles. The van der Waals surface area contributed by atoms with Gasteiger partial charge in [-0.15, -0.1) is 0 Å². The van der Waals surface area contributed by atoms with Gasteiger partial charge >= 0.3 is 5.76 Å². The van der Waals surface area contributed by atoms with Crippen LogP contribution in [-0.4, -0.2) is 33.4 Å². The molecule has 0 radical (unpaired) electrons. The summed E-state index contributed by atoms with van der Waals surface area (Å²) in [5.74, 6) is -0.850. The quantitative estimate of drug-likeness (QED) is 0.632. The third-order valence-electron chi connectivity index (χ3n) is 3.86. The number of amides is 1. The lowest BCUT2D eigenvalue weighted by Crippen LogP contribution is -2.39. The highest BCUT2D eigenvalue weighted by Gasteiger charge is 2.20. The fourth-order valence-corrected chi connectivity index (χ4v) is 2.69. The van der Waals surface area contributed by atoms with Gasteiger partial charge in [-0.2, -0.15) is 0 Å². The first kappa shape index (κ1) is 14.3. The van der Waals surface area contributed by atoms with E-state index in [0.29, 0.717) is 13.1 Å².